The van der Waals surface area contributed by atoms with E-state index in [9.17, 15) is 4.79 Å². The highest BCUT2D eigenvalue weighted by molar-refractivity contribution is 6.36. The van der Waals surface area contributed by atoms with E-state index in [-0.39, 0.29) is 11.7 Å². The number of halogens is 2. The van der Waals surface area contributed by atoms with Gasteiger partial charge in [-0.15, -0.1) is 0 Å². The molecule has 0 aliphatic heterocycles. The monoisotopic (exact) mass is 244 g/mol. The van der Waals surface area contributed by atoms with Crippen molar-refractivity contribution in [1.29, 1.82) is 0 Å². The first-order chi connectivity index (χ1) is 7.08. The Balaban J connectivity index is 2.59. The number of nitrogens with zero attached hydrogens (tertiary/aromatic N) is 2. The fraction of sp³-hybridized carbons (Fsp3) is 0.111. The Bertz CT molecular complexity index is 536. The van der Waals surface area contributed by atoms with Crippen LogP contribution in [-0.2, 0) is 11.3 Å². The van der Waals surface area contributed by atoms with E-state index in [1.54, 1.807) is 18.2 Å². The summed E-state index contributed by atoms with van der Waals surface area (Å²) < 4.78 is 1.23. The Morgan fingerprint density at radius 1 is 1.47 bits per heavy atom. The zero-order valence-corrected chi connectivity index (χ0v) is 8.96. The van der Waals surface area contributed by atoms with Gasteiger partial charge in [-0.25, -0.2) is 4.68 Å². The molecular formula is C9H6Cl2N2O2. The molecular weight excluding hydrogens is 239 g/mol. The SMILES string of the molecule is O=C(O)Cn1nc2ccc(Cl)cc2c1Cl. The lowest BCUT2D eigenvalue weighted by Crippen LogP contribution is -2.09. The molecule has 0 unspecified atom stereocenters. The van der Waals surface area contributed by atoms with E-state index in [2.05, 4.69) is 5.10 Å². The van der Waals surface area contributed by atoms with Crippen LogP contribution < -0.4 is 0 Å². The van der Waals surface area contributed by atoms with Crippen molar-refractivity contribution in [3.8, 4) is 0 Å². The average Bonchev–Trinajstić information content (AvgIpc) is 2.44. The van der Waals surface area contributed by atoms with E-state index in [1.807, 2.05) is 0 Å². The van der Waals surface area contributed by atoms with Crippen molar-refractivity contribution in [2.75, 3.05) is 0 Å². The molecule has 1 heterocycles. The van der Waals surface area contributed by atoms with Crippen LogP contribution in [0.2, 0.25) is 10.2 Å². The molecule has 0 amide bonds. The van der Waals surface area contributed by atoms with Crippen LogP contribution in [0.5, 0.6) is 0 Å². The summed E-state index contributed by atoms with van der Waals surface area (Å²) in [5.41, 5.74) is 0.630. The minimum atomic E-state index is -0.990. The molecule has 0 saturated heterocycles. The van der Waals surface area contributed by atoms with Gasteiger partial charge in [-0.2, -0.15) is 5.10 Å². The summed E-state index contributed by atoms with van der Waals surface area (Å²) in [6, 6.07) is 5.03. The molecule has 0 bridgehead atoms. The second kappa shape index (κ2) is 3.72. The van der Waals surface area contributed by atoms with E-state index in [1.165, 1.54) is 4.68 Å². The zero-order chi connectivity index (χ0) is 11.0. The van der Waals surface area contributed by atoms with Gasteiger partial charge in [0.2, 0.25) is 0 Å². The Morgan fingerprint density at radius 3 is 2.87 bits per heavy atom. The smallest absolute Gasteiger partial charge is 0.325 e. The van der Waals surface area contributed by atoms with Crippen molar-refractivity contribution < 1.29 is 9.90 Å². The Kier molecular flexibility index (Phi) is 2.54. The quantitative estimate of drug-likeness (QED) is 0.883. The fourth-order valence-electron chi connectivity index (χ4n) is 1.31. The lowest BCUT2D eigenvalue weighted by atomic mass is 10.3. The van der Waals surface area contributed by atoms with E-state index in [4.69, 9.17) is 28.3 Å². The highest BCUT2D eigenvalue weighted by Gasteiger charge is 2.11. The number of benzene rings is 1. The molecule has 2 rings (SSSR count). The first-order valence-electron chi connectivity index (χ1n) is 4.11. The van der Waals surface area contributed by atoms with Gasteiger partial charge >= 0.3 is 5.97 Å². The van der Waals surface area contributed by atoms with Gasteiger partial charge in [-0.3, -0.25) is 4.79 Å². The number of aromatic nitrogens is 2. The molecule has 6 heteroatoms. The van der Waals surface area contributed by atoms with Crippen molar-refractivity contribution in [2.45, 2.75) is 6.54 Å². The lowest BCUT2D eigenvalue weighted by Gasteiger charge is -1.96. The molecule has 15 heavy (non-hydrogen) atoms. The van der Waals surface area contributed by atoms with E-state index in [0.29, 0.717) is 15.9 Å². The summed E-state index contributed by atoms with van der Waals surface area (Å²) in [5.74, 6) is -0.990. The van der Waals surface area contributed by atoms with Crippen LogP contribution in [0.4, 0.5) is 0 Å². The van der Waals surface area contributed by atoms with Gasteiger partial charge in [0.05, 0.1) is 5.52 Å². The largest absolute Gasteiger partial charge is 0.480 e. The molecule has 0 aliphatic rings. The summed E-state index contributed by atoms with van der Waals surface area (Å²) in [6.07, 6.45) is 0. The maximum atomic E-state index is 10.5. The number of rotatable bonds is 2. The second-order valence-electron chi connectivity index (χ2n) is 3.00. The number of fused-ring (bicyclic) bond motifs is 1. The molecule has 1 N–H and O–H groups in total. The first kappa shape index (κ1) is 10.3. The van der Waals surface area contributed by atoms with Gasteiger partial charge in [0.25, 0.3) is 0 Å². The predicted molar refractivity (Wildman–Crippen MR) is 57.4 cm³/mol. The molecule has 4 nitrogen and oxygen atoms in total. The molecule has 0 fully saturated rings. The van der Waals surface area contributed by atoms with Crippen molar-refractivity contribution in [2.24, 2.45) is 0 Å². The molecule has 0 radical (unpaired) electrons. The molecule has 0 spiro atoms. The van der Waals surface area contributed by atoms with Crippen LogP contribution in [0.25, 0.3) is 10.9 Å². The Hall–Kier alpha value is -1.26. The van der Waals surface area contributed by atoms with Crippen LogP contribution in [0.1, 0.15) is 0 Å². The average molecular weight is 245 g/mol. The number of hydrogen-bond donors (Lipinski definition) is 1. The molecule has 1 aromatic heterocycles. The highest BCUT2D eigenvalue weighted by Crippen LogP contribution is 2.25. The van der Waals surface area contributed by atoms with Crippen molar-refractivity contribution in [3.05, 3.63) is 28.4 Å². The van der Waals surface area contributed by atoms with Crippen molar-refractivity contribution in [1.82, 2.24) is 9.78 Å². The van der Waals surface area contributed by atoms with E-state index >= 15 is 0 Å². The van der Waals surface area contributed by atoms with Crippen molar-refractivity contribution >= 4 is 40.1 Å². The topological polar surface area (TPSA) is 55.1 Å². The lowest BCUT2D eigenvalue weighted by molar-refractivity contribution is -0.137. The molecule has 0 atom stereocenters. The van der Waals surface area contributed by atoms with Crippen LogP contribution in [0, 0.1) is 0 Å². The normalized spacial score (nSPS) is 10.8. The minimum absolute atomic E-state index is 0.259. The first-order valence-corrected chi connectivity index (χ1v) is 4.87. The number of aliphatic carboxylic acids is 1. The van der Waals surface area contributed by atoms with Crippen LogP contribution >= 0.6 is 23.2 Å². The van der Waals surface area contributed by atoms with Gasteiger partial charge in [0.1, 0.15) is 11.7 Å². The maximum absolute atomic E-state index is 10.5. The third-order valence-corrected chi connectivity index (χ3v) is 2.55. The molecule has 1 aromatic carbocycles. The zero-order valence-electron chi connectivity index (χ0n) is 7.44. The fourth-order valence-corrected chi connectivity index (χ4v) is 1.73. The standard InChI is InChI=1S/C9H6Cl2N2O2/c10-5-1-2-7-6(3-5)9(11)13(12-7)4-8(14)15/h1-3H,4H2,(H,14,15). The summed E-state index contributed by atoms with van der Waals surface area (Å²) in [4.78, 5) is 10.5. The third-order valence-electron chi connectivity index (χ3n) is 1.92. The third kappa shape index (κ3) is 1.91. The predicted octanol–water partition coefficient (Wildman–Crippen LogP) is 2.43. The van der Waals surface area contributed by atoms with Gasteiger partial charge in [-0.1, -0.05) is 23.2 Å². The summed E-state index contributed by atoms with van der Waals surface area (Å²) in [6.45, 7) is -0.259. The Labute approximate surface area is 95.0 Å². The van der Waals surface area contributed by atoms with Gasteiger partial charge in [0, 0.05) is 10.4 Å². The van der Waals surface area contributed by atoms with Gasteiger partial charge < -0.3 is 5.11 Å². The number of carboxylic acid groups (broad SMARTS) is 1. The molecule has 78 valence electrons. The number of carbonyl (C=O) groups is 1. The van der Waals surface area contributed by atoms with Crippen LogP contribution in [0.3, 0.4) is 0 Å². The minimum Gasteiger partial charge on any atom is -0.480 e. The van der Waals surface area contributed by atoms with Crippen molar-refractivity contribution in [3.63, 3.8) is 0 Å². The Morgan fingerprint density at radius 2 is 2.20 bits per heavy atom. The van der Waals surface area contributed by atoms with E-state index < -0.39 is 5.97 Å². The summed E-state index contributed by atoms with van der Waals surface area (Å²) in [5, 5.41) is 14.2. The number of hydrogen-bond acceptors (Lipinski definition) is 2. The molecule has 2 aromatic rings. The van der Waals surface area contributed by atoms with Gasteiger partial charge in [-0.05, 0) is 18.2 Å². The summed E-state index contributed by atoms with van der Waals surface area (Å²) in [7, 11) is 0. The molecule has 0 saturated carbocycles. The molecule has 0 aliphatic carbocycles. The second-order valence-corrected chi connectivity index (χ2v) is 3.80. The summed E-state index contributed by atoms with van der Waals surface area (Å²) >= 11 is 11.7. The maximum Gasteiger partial charge on any atom is 0.325 e. The highest BCUT2D eigenvalue weighted by atomic mass is 35.5. The van der Waals surface area contributed by atoms with Gasteiger partial charge in [0.15, 0.2) is 0 Å². The van der Waals surface area contributed by atoms with E-state index in [0.717, 1.165) is 0 Å². The van der Waals surface area contributed by atoms with Crippen LogP contribution in [-0.4, -0.2) is 20.9 Å². The number of carboxylic acids is 1. The van der Waals surface area contributed by atoms with Crippen LogP contribution in [0.15, 0.2) is 18.2 Å².